The van der Waals surface area contributed by atoms with Crippen LogP contribution in [0.15, 0.2) is 42.5 Å². The molecular formula is C17H18FNO2. The molecule has 0 fully saturated rings. The minimum Gasteiger partial charge on any atom is -0.462 e. The van der Waals surface area contributed by atoms with Crippen molar-refractivity contribution in [2.75, 3.05) is 11.9 Å². The lowest BCUT2D eigenvalue weighted by atomic mass is 10.1. The van der Waals surface area contributed by atoms with Crippen LogP contribution in [0.5, 0.6) is 0 Å². The van der Waals surface area contributed by atoms with Crippen LogP contribution in [-0.2, 0) is 11.3 Å². The number of hydrogen-bond donors (Lipinski definition) is 1. The Morgan fingerprint density at radius 3 is 2.76 bits per heavy atom. The summed E-state index contributed by atoms with van der Waals surface area (Å²) in [5.41, 5.74) is 3.24. The zero-order valence-electron chi connectivity index (χ0n) is 12.2. The van der Waals surface area contributed by atoms with Crippen LogP contribution in [0.1, 0.15) is 28.4 Å². The van der Waals surface area contributed by atoms with E-state index in [0.717, 1.165) is 16.8 Å². The maximum atomic E-state index is 13.1. The van der Waals surface area contributed by atoms with Crippen LogP contribution >= 0.6 is 0 Å². The molecule has 2 aromatic carbocycles. The van der Waals surface area contributed by atoms with Gasteiger partial charge in [-0.15, -0.1) is 0 Å². The standard InChI is InChI=1S/C17H18FNO2/c1-3-21-17(20)13-5-4-6-16(10-13)19-11-14-7-8-15(18)9-12(14)2/h4-10,19H,3,11H2,1-2H3. The second-order valence-electron chi connectivity index (χ2n) is 4.73. The molecule has 2 rings (SSSR count). The van der Waals surface area contributed by atoms with E-state index in [1.807, 2.05) is 13.0 Å². The lowest BCUT2D eigenvalue weighted by Crippen LogP contribution is -2.06. The molecule has 0 saturated heterocycles. The molecule has 21 heavy (non-hydrogen) atoms. The molecule has 0 atom stereocenters. The molecule has 0 aliphatic carbocycles. The first-order chi connectivity index (χ1) is 10.1. The Morgan fingerprint density at radius 1 is 1.24 bits per heavy atom. The molecule has 0 spiro atoms. The molecule has 3 nitrogen and oxygen atoms in total. The monoisotopic (exact) mass is 287 g/mol. The molecular weight excluding hydrogens is 269 g/mol. The van der Waals surface area contributed by atoms with Gasteiger partial charge in [0.1, 0.15) is 5.82 Å². The quantitative estimate of drug-likeness (QED) is 0.847. The Hall–Kier alpha value is -2.36. The van der Waals surface area contributed by atoms with Gasteiger partial charge in [-0.3, -0.25) is 0 Å². The maximum absolute atomic E-state index is 13.1. The average Bonchev–Trinajstić information content (AvgIpc) is 2.47. The van der Waals surface area contributed by atoms with Crippen molar-refractivity contribution in [2.24, 2.45) is 0 Å². The average molecular weight is 287 g/mol. The van der Waals surface area contributed by atoms with Crippen LogP contribution < -0.4 is 5.32 Å². The van der Waals surface area contributed by atoms with E-state index in [9.17, 15) is 9.18 Å². The highest BCUT2D eigenvalue weighted by Crippen LogP contribution is 2.15. The number of ether oxygens (including phenoxy) is 1. The number of carbonyl (C=O) groups is 1. The van der Waals surface area contributed by atoms with Crippen molar-refractivity contribution in [1.29, 1.82) is 0 Å². The van der Waals surface area contributed by atoms with Gasteiger partial charge in [-0.2, -0.15) is 0 Å². The molecule has 0 heterocycles. The number of nitrogens with one attached hydrogen (secondary N) is 1. The van der Waals surface area contributed by atoms with Crippen molar-refractivity contribution in [3.8, 4) is 0 Å². The van der Waals surface area contributed by atoms with Gasteiger partial charge < -0.3 is 10.1 Å². The second-order valence-corrected chi connectivity index (χ2v) is 4.73. The summed E-state index contributed by atoms with van der Waals surface area (Å²) in [6.07, 6.45) is 0. The van der Waals surface area contributed by atoms with E-state index in [0.29, 0.717) is 18.7 Å². The number of rotatable bonds is 5. The van der Waals surface area contributed by atoms with Gasteiger partial charge in [0.15, 0.2) is 0 Å². The third kappa shape index (κ3) is 4.05. The van der Waals surface area contributed by atoms with Crippen LogP contribution in [0.4, 0.5) is 10.1 Å². The Balaban J connectivity index is 2.06. The lowest BCUT2D eigenvalue weighted by molar-refractivity contribution is 0.0526. The largest absolute Gasteiger partial charge is 0.462 e. The van der Waals surface area contributed by atoms with Crippen LogP contribution in [0.2, 0.25) is 0 Å². The topological polar surface area (TPSA) is 38.3 Å². The maximum Gasteiger partial charge on any atom is 0.338 e. The van der Waals surface area contributed by atoms with E-state index in [1.165, 1.54) is 12.1 Å². The Morgan fingerprint density at radius 2 is 2.05 bits per heavy atom. The smallest absolute Gasteiger partial charge is 0.338 e. The minimum atomic E-state index is -0.334. The molecule has 0 bridgehead atoms. The summed E-state index contributed by atoms with van der Waals surface area (Å²) in [6, 6.07) is 11.8. The Bertz CT molecular complexity index is 640. The SMILES string of the molecule is CCOC(=O)c1cccc(NCc2ccc(F)cc2C)c1. The van der Waals surface area contributed by atoms with Gasteiger partial charge in [0, 0.05) is 12.2 Å². The highest BCUT2D eigenvalue weighted by molar-refractivity contribution is 5.90. The molecule has 2 aromatic rings. The van der Waals surface area contributed by atoms with Gasteiger partial charge in [-0.25, -0.2) is 9.18 Å². The third-order valence-corrected chi connectivity index (χ3v) is 3.16. The van der Waals surface area contributed by atoms with Crippen molar-refractivity contribution < 1.29 is 13.9 Å². The number of hydrogen-bond acceptors (Lipinski definition) is 3. The second kappa shape index (κ2) is 6.88. The number of halogens is 1. The number of benzene rings is 2. The van der Waals surface area contributed by atoms with Crippen LogP contribution in [-0.4, -0.2) is 12.6 Å². The summed E-state index contributed by atoms with van der Waals surface area (Å²) in [6.45, 7) is 4.57. The molecule has 1 N–H and O–H groups in total. The molecule has 4 heteroatoms. The molecule has 0 aliphatic heterocycles. The van der Waals surface area contributed by atoms with Gasteiger partial charge in [-0.1, -0.05) is 12.1 Å². The predicted octanol–water partition coefficient (Wildman–Crippen LogP) is 3.92. The summed E-state index contributed by atoms with van der Waals surface area (Å²) in [5, 5.41) is 3.23. The molecule has 0 aromatic heterocycles. The first-order valence-electron chi connectivity index (χ1n) is 6.86. The first-order valence-corrected chi connectivity index (χ1v) is 6.86. The van der Waals surface area contributed by atoms with Crippen molar-refractivity contribution in [3.63, 3.8) is 0 Å². The summed E-state index contributed by atoms with van der Waals surface area (Å²) in [4.78, 5) is 11.7. The van der Waals surface area contributed by atoms with Gasteiger partial charge in [-0.05, 0) is 55.3 Å². The normalized spacial score (nSPS) is 10.2. The minimum absolute atomic E-state index is 0.236. The molecule has 0 aliphatic rings. The van der Waals surface area contributed by atoms with E-state index in [4.69, 9.17) is 4.74 Å². The summed E-state index contributed by atoms with van der Waals surface area (Å²) < 4.78 is 18.0. The number of aryl methyl sites for hydroxylation is 1. The van der Waals surface area contributed by atoms with Gasteiger partial charge >= 0.3 is 5.97 Å². The lowest BCUT2D eigenvalue weighted by Gasteiger charge is -2.10. The molecule has 110 valence electrons. The van der Waals surface area contributed by atoms with E-state index in [2.05, 4.69) is 5.32 Å². The molecule has 0 radical (unpaired) electrons. The van der Waals surface area contributed by atoms with Crippen molar-refractivity contribution in [1.82, 2.24) is 0 Å². The summed E-state index contributed by atoms with van der Waals surface area (Å²) >= 11 is 0. The van der Waals surface area contributed by atoms with Crippen molar-refractivity contribution in [2.45, 2.75) is 20.4 Å². The predicted molar refractivity (Wildman–Crippen MR) is 80.9 cm³/mol. The number of anilines is 1. The summed E-state index contributed by atoms with van der Waals surface area (Å²) in [5.74, 6) is -0.570. The zero-order chi connectivity index (χ0) is 15.2. The van der Waals surface area contributed by atoms with E-state index in [1.54, 1.807) is 31.2 Å². The van der Waals surface area contributed by atoms with E-state index < -0.39 is 0 Å². The zero-order valence-corrected chi connectivity index (χ0v) is 12.2. The van der Waals surface area contributed by atoms with E-state index in [-0.39, 0.29) is 11.8 Å². The third-order valence-electron chi connectivity index (χ3n) is 3.16. The highest BCUT2D eigenvalue weighted by Gasteiger charge is 2.07. The fourth-order valence-electron chi connectivity index (χ4n) is 2.03. The molecule has 0 saturated carbocycles. The highest BCUT2D eigenvalue weighted by atomic mass is 19.1. The summed E-state index contributed by atoms with van der Waals surface area (Å²) in [7, 11) is 0. The Kier molecular flexibility index (Phi) is 4.93. The molecule has 0 amide bonds. The van der Waals surface area contributed by atoms with Crippen LogP contribution in [0.25, 0.3) is 0 Å². The number of esters is 1. The van der Waals surface area contributed by atoms with Gasteiger partial charge in [0.05, 0.1) is 12.2 Å². The molecule has 0 unspecified atom stereocenters. The first kappa shape index (κ1) is 15.0. The van der Waals surface area contributed by atoms with Crippen LogP contribution in [0, 0.1) is 12.7 Å². The van der Waals surface area contributed by atoms with Gasteiger partial charge in [0.25, 0.3) is 0 Å². The fourth-order valence-corrected chi connectivity index (χ4v) is 2.03. The van der Waals surface area contributed by atoms with E-state index >= 15 is 0 Å². The van der Waals surface area contributed by atoms with Crippen LogP contribution in [0.3, 0.4) is 0 Å². The van der Waals surface area contributed by atoms with Crippen molar-refractivity contribution >= 4 is 11.7 Å². The Labute approximate surface area is 123 Å². The number of carbonyl (C=O) groups excluding carboxylic acids is 1. The van der Waals surface area contributed by atoms with Gasteiger partial charge in [0.2, 0.25) is 0 Å². The fraction of sp³-hybridized carbons (Fsp3) is 0.235. The van der Waals surface area contributed by atoms with Crippen molar-refractivity contribution in [3.05, 3.63) is 65.0 Å².